The van der Waals surface area contributed by atoms with Crippen molar-refractivity contribution in [2.75, 3.05) is 20.1 Å². The number of hydrogen-bond acceptors (Lipinski definition) is 4. The summed E-state index contributed by atoms with van der Waals surface area (Å²) in [4.78, 5) is 6.75. The molecule has 0 bridgehead atoms. The Morgan fingerprint density at radius 2 is 2.38 bits per heavy atom. The van der Waals surface area contributed by atoms with Crippen LogP contribution in [0.5, 0.6) is 0 Å². The highest BCUT2D eigenvalue weighted by molar-refractivity contribution is 5.52. The summed E-state index contributed by atoms with van der Waals surface area (Å²) < 4.78 is 18.7. The van der Waals surface area contributed by atoms with Crippen LogP contribution in [0.4, 0.5) is 4.39 Å². The van der Waals surface area contributed by atoms with Crippen molar-refractivity contribution in [1.82, 2.24) is 15.2 Å². The van der Waals surface area contributed by atoms with Gasteiger partial charge in [0.2, 0.25) is 5.89 Å². The first kappa shape index (κ1) is 14.2. The highest BCUT2D eigenvalue weighted by Crippen LogP contribution is 2.20. The van der Waals surface area contributed by atoms with Crippen LogP contribution in [0.15, 0.2) is 34.9 Å². The van der Waals surface area contributed by atoms with E-state index < -0.39 is 0 Å². The molecule has 1 aliphatic rings. The maximum atomic E-state index is 13.2. The zero-order valence-corrected chi connectivity index (χ0v) is 12.2. The number of likely N-dealkylation sites (N-methyl/N-ethyl adjacent to an activating group) is 1. The molecule has 0 spiro atoms. The number of hydrogen-bond donors (Lipinski definition) is 1. The Morgan fingerprint density at radius 1 is 1.48 bits per heavy atom. The fourth-order valence-corrected chi connectivity index (χ4v) is 2.73. The fraction of sp³-hybridized carbons (Fsp3) is 0.438. The van der Waals surface area contributed by atoms with E-state index in [0.717, 1.165) is 25.3 Å². The second kappa shape index (κ2) is 6.37. The van der Waals surface area contributed by atoms with Crippen molar-refractivity contribution in [2.45, 2.75) is 25.4 Å². The number of piperidine rings is 1. The summed E-state index contributed by atoms with van der Waals surface area (Å²) in [6.07, 6.45) is 4.08. The van der Waals surface area contributed by atoms with Crippen LogP contribution < -0.4 is 5.32 Å². The number of rotatable bonds is 4. The van der Waals surface area contributed by atoms with Crippen molar-refractivity contribution in [3.05, 3.63) is 42.0 Å². The Balaban J connectivity index is 1.67. The van der Waals surface area contributed by atoms with Gasteiger partial charge in [0.1, 0.15) is 12.1 Å². The van der Waals surface area contributed by atoms with Gasteiger partial charge in [-0.25, -0.2) is 9.37 Å². The highest BCUT2D eigenvalue weighted by Gasteiger charge is 2.19. The first-order chi connectivity index (χ1) is 10.2. The molecule has 1 unspecified atom stereocenters. The first-order valence-electron chi connectivity index (χ1n) is 7.33. The zero-order valence-electron chi connectivity index (χ0n) is 12.2. The largest absolute Gasteiger partial charge is 0.444 e. The molecule has 0 saturated carbocycles. The predicted molar refractivity (Wildman–Crippen MR) is 79.3 cm³/mol. The van der Waals surface area contributed by atoms with Crippen molar-refractivity contribution >= 4 is 0 Å². The first-order valence-corrected chi connectivity index (χ1v) is 7.33. The van der Waals surface area contributed by atoms with Crippen molar-refractivity contribution < 1.29 is 8.81 Å². The Bertz CT molecular complexity index is 593. The van der Waals surface area contributed by atoms with Gasteiger partial charge in [-0.2, -0.15) is 0 Å². The summed E-state index contributed by atoms with van der Waals surface area (Å²) in [6.45, 7) is 2.87. The van der Waals surface area contributed by atoms with Gasteiger partial charge in [-0.1, -0.05) is 6.07 Å². The number of nitrogens with one attached hydrogen (secondary N) is 1. The summed E-state index contributed by atoms with van der Waals surface area (Å²) in [5, 5.41) is 3.41. The maximum absolute atomic E-state index is 13.2. The molecule has 21 heavy (non-hydrogen) atoms. The molecule has 112 valence electrons. The standard InChI is InChI=1S/C16H20FN3O/c1-20(15-6-3-7-18-9-15)10-14-11-21-16(19-14)12-4-2-5-13(17)8-12/h2,4-5,8,11,15,18H,3,6-7,9-10H2,1H3. The van der Waals surface area contributed by atoms with Crippen molar-refractivity contribution in [2.24, 2.45) is 0 Å². The van der Waals surface area contributed by atoms with Crippen LogP contribution in [0, 0.1) is 5.82 Å². The quantitative estimate of drug-likeness (QED) is 0.939. The third-order valence-electron chi connectivity index (χ3n) is 3.93. The molecule has 1 atom stereocenters. The van der Waals surface area contributed by atoms with E-state index in [1.54, 1.807) is 18.4 Å². The van der Waals surface area contributed by atoms with E-state index >= 15 is 0 Å². The summed E-state index contributed by atoms with van der Waals surface area (Å²) >= 11 is 0. The van der Waals surface area contributed by atoms with E-state index in [9.17, 15) is 4.39 Å². The number of oxazole rings is 1. The summed E-state index contributed by atoms with van der Waals surface area (Å²) in [7, 11) is 2.11. The molecule has 1 aromatic heterocycles. The molecule has 1 aromatic carbocycles. The van der Waals surface area contributed by atoms with Crippen molar-refractivity contribution in [1.29, 1.82) is 0 Å². The second-order valence-corrected chi connectivity index (χ2v) is 5.57. The van der Waals surface area contributed by atoms with Crippen LogP contribution in [0.25, 0.3) is 11.5 Å². The van der Waals surface area contributed by atoms with Gasteiger partial charge < -0.3 is 9.73 Å². The summed E-state index contributed by atoms with van der Waals surface area (Å²) in [5.74, 6) is 0.192. The molecule has 3 rings (SSSR count). The van der Waals surface area contributed by atoms with E-state index in [1.807, 2.05) is 0 Å². The van der Waals surface area contributed by atoms with Gasteiger partial charge >= 0.3 is 0 Å². The van der Waals surface area contributed by atoms with Crippen LogP contribution in [-0.4, -0.2) is 36.1 Å². The monoisotopic (exact) mass is 289 g/mol. The molecule has 0 aliphatic carbocycles. The molecule has 1 saturated heterocycles. The topological polar surface area (TPSA) is 41.3 Å². The molecule has 2 heterocycles. The Kier molecular flexibility index (Phi) is 4.31. The number of aromatic nitrogens is 1. The van der Waals surface area contributed by atoms with E-state index in [4.69, 9.17) is 4.42 Å². The number of nitrogens with zero attached hydrogens (tertiary/aromatic N) is 2. The van der Waals surface area contributed by atoms with Gasteiger partial charge in [0.15, 0.2) is 0 Å². The highest BCUT2D eigenvalue weighted by atomic mass is 19.1. The lowest BCUT2D eigenvalue weighted by Gasteiger charge is -2.31. The van der Waals surface area contributed by atoms with Crippen LogP contribution in [-0.2, 0) is 6.54 Å². The fourth-order valence-electron chi connectivity index (χ4n) is 2.73. The van der Waals surface area contributed by atoms with Crippen LogP contribution >= 0.6 is 0 Å². The minimum absolute atomic E-state index is 0.280. The summed E-state index contributed by atoms with van der Waals surface area (Å²) in [5.41, 5.74) is 1.55. The molecule has 1 fully saturated rings. The Morgan fingerprint density at radius 3 is 3.14 bits per heavy atom. The van der Waals surface area contributed by atoms with Gasteiger partial charge in [-0.05, 0) is 44.6 Å². The van der Waals surface area contributed by atoms with Crippen LogP contribution in [0.1, 0.15) is 18.5 Å². The summed E-state index contributed by atoms with van der Waals surface area (Å²) in [6, 6.07) is 6.84. The zero-order chi connectivity index (χ0) is 14.7. The molecule has 4 nitrogen and oxygen atoms in total. The lowest BCUT2D eigenvalue weighted by molar-refractivity contribution is 0.194. The van der Waals surface area contributed by atoms with Gasteiger partial charge in [0.05, 0.1) is 5.69 Å². The lowest BCUT2D eigenvalue weighted by atomic mass is 10.1. The van der Waals surface area contributed by atoms with Crippen LogP contribution in [0.3, 0.4) is 0 Å². The van der Waals surface area contributed by atoms with Gasteiger partial charge in [-0.3, -0.25) is 4.90 Å². The van der Waals surface area contributed by atoms with Crippen molar-refractivity contribution in [3.63, 3.8) is 0 Å². The third kappa shape index (κ3) is 3.49. The Labute approximate surface area is 124 Å². The molecule has 1 N–H and O–H groups in total. The maximum Gasteiger partial charge on any atom is 0.226 e. The number of halogens is 1. The Hall–Kier alpha value is -1.72. The minimum atomic E-state index is -0.280. The normalized spacial score (nSPS) is 19.1. The van der Waals surface area contributed by atoms with Crippen LogP contribution in [0.2, 0.25) is 0 Å². The SMILES string of the molecule is CN(Cc1coc(-c2cccc(F)c2)n1)C1CCCNC1. The van der Waals surface area contributed by atoms with Crippen molar-refractivity contribution in [3.8, 4) is 11.5 Å². The van der Waals surface area contributed by atoms with E-state index in [1.165, 1.54) is 25.0 Å². The molecular formula is C16H20FN3O. The third-order valence-corrected chi connectivity index (χ3v) is 3.93. The predicted octanol–water partition coefficient (Wildman–Crippen LogP) is 2.66. The molecule has 1 aliphatic heterocycles. The smallest absolute Gasteiger partial charge is 0.226 e. The molecular weight excluding hydrogens is 269 g/mol. The van der Waals surface area contributed by atoms with Gasteiger partial charge in [0.25, 0.3) is 0 Å². The van der Waals surface area contributed by atoms with E-state index in [2.05, 4.69) is 22.2 Å². The lowest BCUT2D eigenvalue weighted by Crippen LogP contribution is -2.43. The van der Waals surface area contributed by atoms with Gasteiger partial charge in [-0.15, -0.1) is 0 Å². The molecule has 2 aromatic rings. The minimum Gasteiger partial charge on any atom is -0.444 e. The number of benzene rings is 1. The average Bonchev–Trinajstić information content (AvgIpc) is 2.97. The van der Waals surface area contributed by atoms with Gasteiger partial charge in [0, 0.05) is 24.7 Å². The molecule has 0 radical (unpaired) electrons. The second-order valence-electron chi connectivity index (χ2n) is 5.57. The molecule has 5 heteroatoms. The van der Waals surface area contributed by atoms with E-state index in [-0.39, 0.29) is 5.82 Å². The molecule has 0 amide bonds. The average molecular weight is 289 g/mol. The van der Waals surface area contributed by atoms with E-state index in [0.29, 0.717) is 17.5 Å².